The van der Waals surface area contributed by atoms with Crippen LogP contribution in [0.5, 0.6) is 5.75 Å². The van der Waals surface area contributed by atoms with Gasteiger partial charge in [-0.05, 0) is 24.3 Å². The molecule has 0 heterocycles. The van der Waals surface area contributed by atoms with Crippen molar-refractivity contribution in [1.29, 1.82) is 0 Å². The summed E-state index contributed by atoms with van der Waals surface area (Å²) in [7, 11) is 0. The molecule has 1 aromatic carbocycles. The van der Waals surface area contributed by atoms with E-state index in [0.29, 0.717) is 18.7 Å². The van der Waals surface area contributed by atoms with E-state index in [1.165, 1.54) is 0 Å². The maximum atomic E-state index is 11.0. The second-order valence-corrected chi connectivity index (χ2v) is 4.10. The highest BCUT2D eigenvalue weighted by Gasteiger charge is 2.01. The summed E-state index contributed by atoms with van der Waals surface area (Å²) < 4.78 is 5.05. The summed E-state index contributed by atoms with van der Waals surface area (Å²) in [5, 5.41) is 0. The summed E-state index contributed by atoms with van der Waals surface area (Å²) in [6, 6.07) is 7.45. The highest BCUT2D eigenvalue weighted by molar-refractivity contribution is 7.99. The van der Waals surface area contributed by atoms with E-state index in [4.69, 9.17) is 10.5 Å². The van der Waals surface area contributed by atoms with Crippen LogP contribution < -0.4 is 10.5 Å². The average Bonchev–Trinajstić information content (AvgIpc) is 2.28. The second kappa shape index (κ2) is 6.48. The van der Waals surface area contributed by atoms with Gasteiger partial charge in [0, 0.05) is 23.6 Å². The van der Waals surface area contributed by atoms with Crippen molar-refractivity contribution in [1.82, 2.24) is 0 Å². The Hall–Kier alpha value is -1.00. The minimum Gasteiger partial charge on any atom is -0.427 e. The van der Waals surface area contributed by atoms with Crippen LogP contribution in [0.15, 0.2) is 29.2 Å². The van der Waals surface area contributed by atoms with Gasteiger partial charge in [-0.3, -0.25) is 4.79 Å². The first-order valence-corrected chi connectivity index (χ1v) is 5.88. The summed E-state index contributed by atoms with van der Waals surface area (Å²) in [6.45, 7) is 2.44. The molecule has 0 aliphatic rings. The molecule has 1 rings (SSSR count). The number of carbonyl (C=O) groups excluding carboxylic acids is 1. The molecule has 0 radical (unpaired) electrons. The summed E-state index contributed by atoms with van der Waals surface area (Å²) in [6.07, 6.45) is 0.393. The highest BCUT2D eigenvalue weighted by atomic mass is 32.2. The van der Waals surface area contributed by atoms with E-state index in [2.05, 4.69) is 0 Å². The number of hydrogen-bond donors (Lipinski definition) is 1. The molecule has 0 amide bonds. The van der Waals surface area contributed by atoms with Crippen LogP contribution in [0, 0.1) is 0 Å². The molecule has 0 aliphatic heterocycles. The van der Waals surface area contributed by atoms with E-state index >= 15 is 0 Å². The van der Waals surface area contributed by atoms with Crippen LogP contribution >= 0.6 is 11.8 Å². The number of nitrogens with two attached hydrogens (primary N) is 1. The second-order valence-electron chi connectivity index (χ2n) is 2.94. The number of benzene rings is 1. The zero-order chi connectivity index (χ0) is 11.1. The molecule has 15 heavy (non-hydrogen) atoms. The maximum absolute atomic E-state index is 11.0. The Morgan fingerprint density at radius 2 is 2.07 bits per heavy atom. The molecule has 0 bridgehead atoms. The van der Waals surface area contributed by atoms with Crippen molar-refractivity contribution in [3.63, 3.8) is 0 Å². The Kier molecular flexibility index (Phi) is 5.21. The third-order valence-electron chi connectivity index (χ3n) is 1.73. The first kappa shape index (κ1) is 12.1. The van der Waals surface area contributed by atoms with Gasteiger partial charge in [0.05, 0.1) is 0 Å². The van der Waals surface area contributed by atoms with Gasteiger partial charge < -0.3 is 10.5 Å². The van der Waals surface area contributed by atoms with E-state index in [9.17, 15) is 4.79 Å². The summed E-state index contributed by atoms with van der Waals surface area (Å²) in [5.41, 5.74) is 5.40. The molecular formula is C11H15NO2S. The van der Waals surface area contributed by atoms with Gasteiger partial charge in [0.1, 0.15) is 5.75 Å². The van der Waals surface area contributed by atoms with Crippen LogP contribution in [-0.2, 0) is 4.79 Å². The van der Waals surface area contributed by atoms with Crippen LogP contribution in [-0.4, -0.2) is 18.3 Å². The molecule has 3 nitrogen and oxygen atoms in total. The van der Waals surface area contributed by atoms with Crippen LogP contribution in [0.2, 0.25) is 0 Å². The largest absolute Gasteiger partial charge is 0.427 e. The standard InChI is InChI=1S/C11H15NO2S/c1-2-11(13)14-9-3-5-10(6-4-9)15-8-7-12/h3-6H,2,7-8,12H2,1H3. The zero-order valence-corrected chi connectivity index (χ0v) is 9.55. The fourth-order valence-electron chi connectivity index (χ4n) is 0.984. The number of rotatable bonds is 5. The lowest BCUT2D eigenvalue weighted by Gasteiger charge is -2.03. The van der Waals surface area contributed by atoms with E-state index < -0.39 is 0 Å². The molecule has 0 fully saturated rings. The summed E-state index contributed by atoms with van der Waals surface area (Å²) in [5.74, 6) is 1.28. The molecule has 0 saturated carbocycles. The minimum atomic E-state index is -0.211. The number of thioether (sulfide) groups is 1. The molecular weight excluding hydrogens is 210 g/mol. The van der Waals surface area contributed by atoms with Crippen LogP contribution in [0.4, 0.5) is 0 Å². The molecule has 82 valence electrons. The molecule has 0 spiro atoms. The van der Waals surface area contributed by atoms with Crippen molar-refractivity contribution in [2.45, 2.75) is 18.2 Å². The molecule has 0 aromatic heterocycles. The van der Waals surface area contributed by atoms with E-state index in [1.54, 1.807) is 30.8 Å². The molecule has 0 saturated heterocycles. The van der Waals surface area contributed by atoms with Crippen molar-refractivity contribution in [3.8, 4) is 5.75 Å². The topological polar surface area (TPSA) is 52.3 Å². The summed E-state index contributed by atoms with van der Waals surface area (Å²) >= 11 is 1.69. The molecule has 4 heteroatoms. The Balaban J connectivity index is 2.52. The smallest absolute Gasteiger partial charge is 0.310 e. The first-order chi connectivity index (χ1) is 7.26. The Morgan fingerprint density at radius 1 is 1.40 bits per heavy atom. The summed E-state index contributed by atoms with van der Waals surface area (Å²) in [4.78, 5) is 12.1. The number of hydrogen-bond acceptors (Lipinski definition) is 4. The fourth-order valence-corrected chi connectivity index (χ4v) is 1.67. The van der Waals surface area contributed by atoms with Crippen molar-refractivity contribution >= 4 is 17.7 Å². The van der Waals surface area contributed by atoms with Gasteiger partial charge in [-0.2, -0.15) is 0 Å². The quantitative estimate of drug-likeness (QED) is 0.473. The predicted octanol–water partition coefficient (Wildman–Crippen LogP) is 2.05. The van der Waals surface area contributed by atoms with Crippen molar-refractivity contribution < 1.29 is 9.53 Å². The molecule has 0 aliphatic carbocycles. The molecule has 1 aromatic rings. The van der Waals surface area contributed by atoms with E-state index in [1.807, 2.05) is 12.1 Å². The van der Waals surface area contributed by atoms with Gasteiger partial charge in [0.25, 0.3) is 0 Å². The van der Waals surface area contributed by atoms with Crippen molar-refractivity contribution in [2.75, 3.05) is 12.3 Å². The Labute approximate surface area is 94.0 Å². The number of carbonyl (C=O) groups is 1. The van der Waals surface area contributed by atoms with Gasteiger partial charge >= 0.3 is 5.97 Å². The molecule has 0 unspecified atom stereocenters. The lowest BCUT2D eigenvalue weighted by Crippen LogP contribution is -2.05. The van der Waals surface area contributed by atoms with Crippen LogP contribution in [0.25, 0.3) is 0 Å². The van der Waals surface area contributed by atoms with Crippen molar-refractivity contribution in [2.24, 2.45) is 5.73 Å². The number of esters is 1. The third-order valence-corrected chi connectivity index (χ3v) is 2.78. The van der Waals surface area contributed by atoms with E-state index in [-0.39, 0.29) is 5.97 Å². The van der Waals surface area contributed by atoms with Crippen LogP contribution in [0.3, 0.4) is 0 Å². The lowest BCUT2D eigenvalue weighted by atomic mass is 10.3. The van der Waals surface area contributed by atoms with Gasteiger partial charge in [0.2, 0.25) is 0 Å². The molecule has 0 atom stereocenters. The Bertz CT molecular complexity index is 311. The maximum Gasteiger partial charge on any atom is 0.310 e. The SMILES string of the molecule is CCC(=O)Oc1ccc(SCCN)cc1. The Morgan fingerprint density at radius 3 is 2.60 bits per heavy atom. The third kappa shape index (κ3) is 4.36. The molecule has 2 N–H and O–H groups in total. The van der Waals surface area contributed by atoms with Gasteiger partial charge in [-0.1, -0.05) is 6.92 Å². The van der Waals surface area contributed by atoms with E-state index in [0.717, 1.165) is 10.6 Å². The van der Waals surface area contributed by atoms with Gasteiger partial charge in [-0.25, -0.2) is 0 Å². The highest BCUT2D eigenvalue weighted by Crippen LogP contribution is 2.21. The minimum absolute atomic E-state index is 0.211. The monoisotopic (exact) mass is 225 g/mol. The first-order valence-electron chi connectivity index (χ1n) is 4.90. The van der Waals surface area contributed by atoms with Gasteiger partial charge in [0.15, 0.2) is 0 Å². The predicted molar refractivity (Wildman–Crippen MR) is 62.1 cm³/mol. The van der Waals surface area contributed by atoms with Gasteiger partial charge in [-0.15, -0.1) is 11.8 Å². The average molecular weight is 225 g/mol. The normalized spacial score (nSPS) is 10.0. The fraction of sp³-hybridized carbons (Fsp3) is 0.364. The lowest BCUT2D eigenvalue weighted by molar-refractivity contribution is -0.134. The zero-order valence-electron chi connectivity index (χ0n) is 8.73. The number of ether oxygens (including phenoxy) is 1. The van der Waals surface area contributed by atoms with Crippen LogP contribution in [0.1, 0.15) is 13.3 Å². The van der Waals surface area contributed by atoms with Crippen molar-refractivity contribution in [3.05, 3.63) is 24.3 Å².